The summed E-state index contributed by atoms with van der Waals surface area (Å²) in [6.45, 7) is 1.75. The molecule has 0 saturated heterocycles. The van der Waals surface area contributed by atoms with Crippen LogP contribution in [0.2, 0.25) is 0 Å². The van der Waals surface area contributed by atoms with Crippen LogP contribution in [-0.2, 0) is 9.09 Å². The molecule has 0 amide bonds. The first-order valence-electron chi connectivity index (χ1n) is 1.85. The van der Waals surface area contributed by atoms with Gasteiger partial charge in [-0.3, -0.25) is 4.52 Å². The molecule has 0 aliphatic rings. The molecule has 1 unspecified atom stereocenters. The van der Waals surface area contributed by atoms with Crippen molar-refractivity contribution < 1.29 is 9.09 Å². The van der Waals surface area contributed by atoms with Crippen molar-refractivity contribution in [1.29, 1.82) is 0 Å². The lowest BCUT2D eigenvalue weighted by Crippen LogP contribution is -2.01. The van der Waals surface area contributed by atoms with E-state index in [1.54, 1.807) is 6.92 Å². The molecule has 0 bridgehead atoms. The van der Waals surface area contributed by atoms with Crippen LogP contribution in [0.5, 0.6) is 0 Å². The average molecular weight is 141 g/mol. The minimum Gasteiger partial charge on any atom is -0.290 e. The van der Waals surface area contributed by atoms with Crippen LogP contribution in [0.15, 0.2) is 0 Å². The van der Waals surface area contributed by atoms with E-state index in [0.717, 1.165) is 0 Å². The van der Waals surface area contributed by atoms with Gasteiger partial charge < -0.3 is 0 Å². The summed E-state index contributed by atoms with van der Waals surface area (Å²) in [4.78, 5) is 0. The first-order valence-corrected chi connectivity index (χ1v) is 3.12. The largest absolute Gasteiger partial charge is 0.327 e. The first-order chi connectivity index (χ1) is 3.31. The summed E-state index contributed by atoms with van der Waals surface area (Å²) in [5.74, 6) is 0.384. The third-order valence-corrected chi connectivity index (χ3v) is 1.32. The topological polar surface area (TPSA) is 26.3 Å². The van der Waals surface area contributed by atoms with Gasteiger partial charge in [-0.15, -0.1) is 11.6 Å². The fourth-order valence-corrected chi connectivity index (χ4v) is 0.474. The predicted octanol–water partition coefficient (Wildman–Crippen LogP) is 1.84. The number of hydrogen-bond acceptors (Lipinski definition) is 2. The Hall–Kier alpha value is 0.350. The van der Waals surface area contributed by atoms with Gasteiger partial charge in [0.15, 0.2) is 0 Å². The van der Waals surface area contributed by atoms with Gasteiger partial charge >= 0.3 is 8.69 Å². The third kappa shape index (κ3) is 4.20. The van der Waals surface area contributed by atoms with Gasteiger partial charge in [0.2, 0.25) is 0 Å². The van der Waals surface area contributed by atoms with E-state index in [4.69, 9.17) is 11.6 Å². The fraction of sp³-hybridized carbons (Fsp3) is 1.00. The van der Waals surface area contributed by atoms with Gasteiger partial charge in [0.25, 0.3) is 0 Å². The lowest BCUT2D eigenvalue weighted by Gasteiger charge is -1.96. The molecule has 0 N–H and O–H groups in total. The number of rotatable bonds is 3. The predicted molar refractivity (Wildman–Crippen MR) is 28.9 cm³/mol. The van der Waals surface area contributed by atoms with E-state index in [-0.39, 0.29) is 14.8 Å². The molecule has 4 heteroatoms. The van der Waals surface area contributed by atoms with Crippen LogP contribution in [-0.4, -0.2) is 12.0 Å². The van der Waals surface area contributed by atoms with E-state index in [2.05, 4.69) is 4.52 Å². The lowest BCUT2D eigenvalue weighted by atomic mass is 10.5. The van der Waals surface area contributed by atoms with Gasteiger partial charge in [-0.05, 0) is 6.92 Å². The van der Waals surface area contributed by atoms with Gasteiger partial charge in [0, 0.05) is 5.88 Å². The quantitative estimate of drug-likeness (QED) is 0.442. The van der Waals surface area contributed by atoms with Crippen molar-refractivity contribution in [3.63, 3.8) is 0 Å². The summed E-state index contributed by atoms with van der Waals surface area (Å²) in [6, 6.07) is 0. The minimum absolute atomic E-state index is 0.110. The van der Waals surface area contributed by atoms with Crippen molar-refractivity contribution in [2.45, 2.75) is 13.0 Å². The van der Waals surface area contributed by atoms with Crippen LogP contribution in [0.1, 0.15) is 6.92 Å². The molecule has 1 atom stereocenters. The van der Waals surface area contributed by atoms with Crippen LogP contribution in [0.25, 0.3) is 0 Å². The second-order valence-corrected chi connectivity index (χ2v) is 1.81. The van der Waals surface area contributed by atoms with E-state index >= 15 is 0 Å². The monoisotopic (exact) mass is 140 g/mol. The van der Waals surface area contributed by atoms with Crippen molar-refractivity contribution in [3.8, 4) is 0 Å². The average Bonchev–Trinajstić information content (AvgIpc) is 1.68. The van der Waals surface area contributed by atoms with E-state index in [9.17, 15) is 4.57 Å². The van der Waals surface area contributed by atoms with Crippen LogP contribution in [0.3, 0.4) is 0 Å². The van der Waals surface area contributed by atoms with E-state index in [0.29, 0.717) is 5.88 Å². The van der Waals surface area contributed by atoms with E-state index < -0.39 is 0 Å². The SMILES string of the molecule is CC(CCl)OP=O. The molecule has 0 radical (unpaired) electrons. The van der Waals surface area contributed by atoms with Gasteiger partial charge in [-0.2, -0.15) is 0 Å². The highest BCUT2D eigenvalue weighted by atomic mass is 35.5. The van der Waals surface area contributed by atoms with Gasteiger partial charge in [0.1, 0.15) is 0 Å². The first kappa shape index (κ1) is 7.35. The van der Waals surface area contributed by atoms with Crippen LogP contribution in [0.4, 0.5) is 0 Å². The highest BCUT2D eigenvalue weighted by molar-refractivity contribution is 7.17. The Balaban J connectivity index is 2.98. The summed E-state index contributed by atoms with van der Waals surface area (Å²) in [5, 5.41) is 0. The highest BCUT2D eigenvalue weighted by Gasteiger charge is 1.95. The molecular formula is C3H6ClO2P. The van der Waals surface area contributed by atoms with Crippen molar-refractivity contribution in [2.75, 3.05) is 5.88 Å². The molecule has 0 heterocycles. The molecule has 0 aromatic heterocycles. The summed E-state index contributed by atoms with van der Waals surface area (Å²) in [7, 11) is -0.295. The number of halogens is 1. The minimum atomic E-state index is -0.295. The van der Waals surface area contributed by atoms with Crippen molar-refractivity contribution in [3.05, 3.63) is 0 Å². The Labute approximate surface area is 49.1 Å². The highest BCUT2D eigenvalue weighted by Crippen LogP contribution is 2.02. The van der Waals surface area contributed by atoms with E-state index in [1.807, 2.05) is 0 Å². The Morgan fingerprint density at radius 1 is 2.00 bits per heavy atom. The Morgan fingerprint density at radius 3 is 2.71 bits per heavy atom. The van der Waals surface area contributed by atoms with Gasteiger partial charge in [-0.25, -0.2) is 4.57 Å². The molecule has 42 valence electrons. The maximum absolute atomic E-state index is 9.59. The van der Waals surface area contributed by atoms with Gasteiger partial charge in [0.05, 0.1) is 6.10 Å². The molecule has 7 heavy (non-hydrogen) atoms. The van der Waals surface area contributed by atoms with E-state index in [1.165, 1.54) is 0 Å². The standard InChI is InChI=1S/C3H6ClO2P/c1-3(2-4)6-7-5/h3H,2H2,1H3. The molecule has 2 nitrogen and oxygen atoms in total. The summed E-state index contributed by atoms with van der Waals surface area (Å²) in [6.07, 6.45) is -0.110. The second kappa shape index (κ2) is 4.51. The number of alkyl halides is 1. The molecule has 0 fully saturated rings. The number of hydrogen-bond donors (Lipinski definition) is 0. The zero-order valence-electron chi connectivity index (χ0n) is 3.93. The molecule has 0 rings (SSSR count). The zero-order chi connectivity index (χ0) is 5.70. The molecule has 0 aliphatic carbocycles. The normalized spacial score (nSPS) is 14.6. The van der Waals surface area contributed by atoms with Crippen LogP contribution < -0.4 is 0 Å². The smallest absolute Gasteiger partial charge is 0.290 e. The second-order valence-electron chi connectivity index (χ2n) is 1.14. The van der Waals surface area contributed by atoms with Crippen molar-refractivity contribution in [1.82, 2.24) is 0 Å². The van der Waals surface area contributed by atoms with Crippen molar-refractivity contribution in [2.24, 2.45) is 0 Å². The van der Waals surface area contributed by atoms with Crippen LogP contribution >= 0.6 is 20.3 Å². The molecule has 0 aromatic rings. The maximum atomic E-state index is 9.59. The Kier molecular flexibility index (Phi) is 4.73. The Morgan fingerprint density at radius 2 is 2.57 bits per heavy atom. The van der Waals surface area contributed by atoms with Gasteiger partial charge in [-0.1, -0.05) is 0 Å². The van der Waals surface area contributed by atoms with Crippen molar-refractivity contribution >= 4 is 20.3 Å². The summed E-state index contributed by atoms with van der Waals surface area (Å²) in [5.41, 5.74) is 0. The Bertz CT molecular complexity index is 58.9. The lowest BCUT2D eigenvalue weighted by molar-refractivity contribution is 0.270. The maximum Gasteiger partial charge on any atom is 0.327 e. The fourth-order valence-electron chi connectivity index (χ4n) is 0.102. The molecule has 0 aromatic carbocycles. The molecule has 0 spiro atoms. The third-order valence-electron chi connectivity index (χ3n) is 0.440. The summed E-state index contributed by atoms with van der Waals surface area (Å²) < 4.78 is 14.1. The zero-order valence-corrected chi connectivity index (χ0v) is 5.58. The molecule has 0 saturated carbocycles. The molecular weight excluding hydrogens is 134 g/mol. The van der Waals surface area contributed by atoms with Crippen LogP contribution in [0, 0.1) is 0 Å². The molecule has 0 aliphatic heterocycles. The summed E-state index contributed by atoms with van der Waals surface area (Å²) >= 11 is 5.26.